The van der Waals surface area contributed by atoms with Crippen molar-refractivity contribution in [2.75, 3.05) is 41.0 Å². The molecular formula is C7H17NO4. The predicted octanol–water partition coefficient (Wildman–Crippen LogP) is -0.742. The Bertz CT molecular complexity index is 106. The average molecular weight is 179 g/mol. The Morgan fingerprint density at radius 1 is 1.50 bits per heavy atom. The van der Waals surface area contributed by atoms with Crippen molar-refractivity contribution in [1.29, 1.82) is 0 Å². The maximum atomic E-state index is 9.12. The highest BCUT2D eigenvalue weighted by Gasteiger charge is 1.83. The number of nitrogens with zero attached hydrogens (tertiary/aromatic N) is 1. The molecule has 0 bridgehead atoms. The van der Waals surface area contributed by atoms with Crippen LogP contribution in [0.4, 0.5) is 0 Å². The second-order valence-corrected chi connectivity index (χ2v) is 2.35. The van der Waals surface area contributed by atoms with Gasteiger partial charge in [-0.3, -0.25) is 0 Å². The number of hydrogen-bond donors (Lipinski definition) is 2. The molecule has 5 heteroatoms. The molecule has 74 valence electrons. The number of aliphatic hydroxyl groups is 1. The quantitative estimate of drug-likeness (QED) is 0.594. The first-order valence-electron chi connectivity index (χ1n) is 3.51. The highest BCUT2D eigenvalue weighted by atomic mass is 16.5. The van der Waals surface area contributed by atoms with Crippen LogP contribution in [0.25, 0.3) is 0 Å². The summed E-state index contributed by atoms with van der Waals surface area (Å²) >= 11 is 0. The van der Waals surface area contributed by atoms with Gasteiger partial charge in [-0.1, -0.05) is 0 Å². The second kappa shape index (κ2) is 10.3. The van der Waals surface area contributed by atoms with Crippen LogP contribution in [0.2, 0.25) is 0 Å². The molecule has 0 aliphatic carbocycles. The Morgan fingerprint density at radius 2 is 1.92 bits per heavy atom. The molecule has 0 rings (SSSR count). The summed E-state index contributed by atoms with van der Waals surface area (Å²) in [5.74, 6) is -1.19. The highest BCUT2D eigenvalue weighted by molar-refractivity contribution is 5.67. The van der Waals surface area contributed by atoms with Gasteiger partial charge in [0.1, 0.15) is 6.61 Å². The van der Waals surface area contributed by atoms with Gasteiger partial charge in [0.15, 0.2) is 0 Å². The molecule has 0 saturated heterocycles. The molecule has 0 fully saturated rings. The molecule has 5 nitrogen and oxygen atoms in total. The van der Waals surface area contributed by atoms with Gasteiger partial charge in [-0.05, 0) is 14.1 Å². The summed E-state index contributed by atoms with van der Waals surface area (Å²) in [6.07, 6.45) is 0. The molecule has 0 spiro atoms. The third kappa shape index (κ3) is 22.8. The molecule has 0 atom stereocenters. The fraction of sp³-hybridized carbons (Fsp3) is 0.857. The van der Waals surface area contributed by atoms with Crippen LogP contribution in [0.3, 0.4) is 0 Å². The third-order valence-corrected chi connectivity index (χ3v) is 0.878. The lowest BCUT2D eigenvalue weighted by Gasteiger charge is -2.06. The number of methoxy groups -OCH3 is 1. The largest absolute Gasteiger partial charge is 0.480 e. The minimum atomic E-state index is -1.19. The van der Waals surface area contributed by atoms with Crippen LogP contribution in [-0.2, 0) is 9.53 Å². The molecule has 12 heavy (non-hydrogen) atoms. The summed E-state index contributed by atoms with van der Waals surface area (Å²) in [4.78, 5) is 11.2. The Hall–Kier alpha value is -0.650. The van der Waals surface area contributed by atoms with Crippen LogP contribution in [-0.4, -0.2) is 62.0 Å². The number of aliphatic carboxylic acids is 1. The zero-order valence-corrected chi connectivity index (χ0v) is 7.78. The van der Waals surface area contributed by atoms with E-state index >= 15 is 0 Å². The second-order valence-electron chi connectivity index (χ2n) is 2.35. The van der Waals surface area contributed by atoms with Crippen LogP contribution in [0, 0.1) is 0 Å². The van der Waals surface area contributed by atoms with Crippen molar-refractivity contribution < 1.29 is 19.7 Å². The van der Waals surface area contributed by atoms with Crippen molar-refractivity contribution in [2.45, 2.75) is 0 Å². The smallest absolute Gasteiger partial charge is 0.329 e. The normalized spacial score (nSPS) is 9.08. The number of rotatable bonds is 4. The summed E-state index contributed by atoms with van der Waals surface area (Å²) in [5, 5.41) is 15.0. The topological polar surface area (TPSA) is 70.0 Å². The van der Waals surface area contributed by atoms with E-state index in [1.807, 2.05) is 14.1 Å². The number of carboxylic acids is 1. The van der Waals surface area contributed by atoms with Crippen LogP contribution >= 0.6 is 0 Å². The van der Waals surface area contributed by atoms with Gasteiger partial charge >= 0.3 is 5.97 Å². The minimum Gasteiger partial charge on any atom is -0.480 e. The fourth-order valence-corrected chi connectivity index (χ4v) is 0.274. The van der Waals surface area contributed by atoms with Crippen molar-refractivity contribution >= 4 is 5.97 Å². The van der Waals surface area contributed by atoms with E-state index in [1.165, 1.54) is 0 Å². The number of carboxylic acid groups (broad SMARTS) is 1. The number of carbonyl (C=O) groups is 1. The van der Waals surface area contributed by atoms with E-state index in [0.717, 1.165) is 13.2 Å². The lowest BCUT2D eigenvalue weighted by atomic mass is 10.6. The summed E-state index contributed by atoms with van der Waals surface area (Å²) in [6, 6.07) is 0. The lowest BCUT2D eigenvalue weighted by molar-refractivity contribution is -0.140. The first-order valence-corrected chi connectivity index (χ1v) is 3.51. The zero-order valence-electron chi connectivity index (χ0n) is 7.78. The van der Waals surface area contributed by atoms with Crippen molar-refractivity contribution in [3.8, 4) is 0 Å². The molecule has 2 N–H and O–H groups in total. The zero-order chi connectivity index (χ0) is 9.98. The van der Waals surface area contributed by atoms with Crippen molar-refractivity contribution in [2.24, 2.45) is 0 Å². The molecule has 0 saturated carbocycles. The van der Waals surface area contributed by atoms with E-state index in [-0.39, 0.29) is 0 Å². The van der Waals surface area contributed by atoms with Crippen LogP contribution in [0.15, 0.2) is 0 Å². The Kier molecular flexibility index (Phi) is 12.0. The van der Waals surface area contributed by atoms with E-state index in [9.17, 15) is 0 Å². The van der Waals surface area contributed by atoms with E-state index in [1.54, 1.807) is 7.11 Å². The maximum absolute atomic E-state index is 9.12. The summed E-state index contributed by atoms with van der Waals surface area (Å²) in [6.45, 7) is 1.06. The number of likely N-dealkylation sites (N-methyl/N-ethyl adjacent to an activating group) is 1. The molecule has 0 aromatic carbocycles. The predicted molar refractivity (Wildman–Crippen MR) is 45.2 cm³/mol. The van der Waals surface area contributed by atoms with E-state index in [4.69, 9.17) is 19.7 Å². The number of hydrogen-bond acceptors (Lipinski definition) is 4. The van der Waals surface area contributed by atoms with E-state index < -0.39 is 12.6 Å². The molecule has 0 aliphatic heterocycles. The first-order chi connectivity index (χ1) is 5.54. The Labute approximate surface area is 72.6 Å². The molecule has 0 aromatic rings. The van der Waals surface area contributed by atoms with Gasteiger partial charge in [-0.15, -0.1) is 0 Å². The first kappa shape index (κ1) is 13.9. The van der Waals surface area contributed by atoms with Crippen LogP contribution < -0.4 is 0 Å². The van der Waals surface area contributed by atoms with Crippen molar-refractivity contribution in [3.63, 3.8) is 0 Å². The van der Waals surface area contributed by atoms with Gasteiger partial charge in [0, 0.05) is 13.7 Å². The molecule has 0 radical (unpaired) electrons. The van der Waals surface area contributed by atoms with Gasteiger partial charge in [0.25, 0.3) is 0 Å². The summed E-state index contributed by atoms with van der Waals surface area (Å²) < 4.78 is 4.81. The van der Waals surface area contributed by atoms with E-state index in [2.05, 4.69) is 4.90 Å². The van der Waals surface area contributed by atoms with Crippen molar-refractivity contribution in [1.82, 2.24) is 4.90 Å². The number of aliphatic hydroxyl groups excluding tert-OH is 1. The highest BCUT2D eigenvalue weighted by Crippen LogP contribution is 1.71. The third-order valence-electron chi connectivity index (χ3n) is 0.878. The summed E-state index contributed by atoms with van der Waals surface area (Å²) in [7, 11) is 5.77. The Morgan fingerprint density at radius 3 is 2.00 bits per heavy atom. The van der Waals surface area contributed by atoms with Crippen LogP contribution in [0.1, 0.15) is 0 Å². The van der Waals surface area contributed by atoms with Gasteiger partial charge < -0.3 is 19.8 Å². The van der Waals surface area contributed by atoms with Gasteiger partial charge in [-0.25, -0.2) is 4.79 Å². The standard InChI is InChI=1S/C5H13NO.C2H4O3/c1-6(2)4-5-7-3;3-1-2(4)5/h4-5H2,1-3H3;3H,1H2,(H,4,5). The van der Waals surface area contributed by atoms with Gasteiger partial charge in [0.05, 0.1) is 6.61 Å². The lowest BCUT2D eigenvalue weighted by Crippen LogP contribution is -2.16. The van der Waals surface area contributed by atoms with Gasteiger partial charge in [0.2, 0.25) is 0 Å². The monoisotopic (exact) mass is 179 g/mol. The molecule has 0 aliphatic rings. The number of ether oxygens (including phenoxy) is 1. The molecule has 0 aromatic heterocycles. The van der Waals surface area contributed by atoms with E-state index in [0.29, 0.717) is 0 Å². The molecular weight excluding hydrogens is 162 g/mol. The molecule has 0 unspecified atom stereocenters. The minimum absolute atomic E-state index is 0.778. The SMILES string of the molecule is COCCN(C)C.O=C(O)CO. The fourth-order valence-electron chi connectivity index (χ4n) is 0.274. The van der Waals surface area contributed by atoms with Crippen molar-refractivity contribution in [3.05, 3.63) is 0 Å². The average Bonchev–Trinajstić information content (AvgIpc) is 2.02. The molecule has 0 heterocycles. The summed E-state index contributed by atoms with van der Waals surface area (Å²) in [5.41, 5.74) is 0. The van der Waals surface area contributed by atoms with Gasteiger partial charge in [-0.2, -0.15) is 0 Å². The van der Waals surface area contributed by atoms with Crippen LogP contribution in [0.5, 0.6) is 0 Å². The molecule has 0 amide bonds. The Balaban J connectivity index is 0. The maximum Gasteiger partial charge on any atom is 0.329 e.